The fourth-order valence-corrected chi connectivity index (χ4v) is 2.93. The van der Waals surface area contributed by atoms with Crippen LogP contribution in [0.4, 0.5) is 0 Å². The first-order valence-electron chi connectivity index (χ1n) is 5.77. The van der Waals surface area contributed by atoms with Crippen LogP contribution in [-0.4, -0.2) is 32.8 Å². The quantitative estimate of drug-likeness (QED) is 0.920. The van der Waals surface area contributed by atoms with Crippen molar-refractivity contribution in [3.8, 4) is 0 Å². The van der Waals surface area contributed by atoms with E-state index in [-0.39, 0.29) is 21.4 Å². The summed E-state index contributed by atoms with van der Waals surface area (Å²) < 4.78 is 22.9. The van der Waals surface area contributed by atoms with Crippen molar-refractivity contribution in [3.05, 3.63) is 28.3 Å². The van der Waals surface area contributed by atoms with Crippen LogP contribution >= 0.6 is 11.6 Å². The number of primary sulfonamides is 1. The molecule has 1 aromatic rings. The molecule has 1 amide bonds. The molecule has 0 aliphatic heterocycles. The van der Waals surface area contributed by atoms with Gasteiger partial charge in [-0.2, -0.15) is 0 Å². The van der Waals surface area contributed by atoms with Gasteiger partial charge in [0.25, 0.3) is 5.91 Å². The largest absolute Gasteiger partial charge is 0.342 e. The summed E-state index contributed by atoms with van der Waals surface area (Å²) in [4.78, 5) is 13.6. The standard InChI is InChI=1S/C12H17ClN2O3S/c1-4-5-15(3)12(16)10-6-9(13)7-11(8(10)2)19(14,17)18/h6-7H,4-5H2,1-3H3,(H2,14,17,18). The van der Waals surface area contributed by atoms with E-state index >= 15 is 0 Å². The third-order valence-electron chi connectivity index (χ3n) is 2.77. The fourth-order valence-electron chi connectivity index (χ4n) is 1.81. The smallest absolute Gasteiger partial charge is 0.253 e. The van der Waals surface area contributed by atoms with E-state index in [9.17, 15) is 13.2 Å². The van der Waals surface area contributed by atoms with Gasteiger partial charge in [0.05, 0.1) is 4.90 Å². The van der Waals surface area contributed by atoms with Crippen molar-refractivity contribution >= 4 is 27.5 Å². The molecular formula is C12H17ClN2O3S. The van der Waals surface area contributed by atoms with Gasteiger partial charge < -0.3 is 4.90 Å². The van der Waals surface area contributed by atoms with Crippen LogP contribution in [0.5, 0.6) is 0 Å². The lowest BCUT2D eigenvalue weighted by atomic mass is 10.1. The number of halogens is 1. The first-order chi connectivity index (χ1) is 8.68. The Morgan fingerprint density at radius 2 is 2.00 bits per heavy atom. The van der Waals surface area contributed by atoms with Gasteiger partial charge in [-0.1, -0.05) is 18.5 Å². The van der Waals surface area contributed by atoms with Gasteiger partial charge in [-0.25, -0.2) is 13.6 Å². The van der Waals surface area contributed by atoms with Gasteiger partial charge in [0.15, 0.2) is 0 Å². The Bertz CT molecular complexity index is 599. The highest BCUT2D eigenvalue weighted by molar-refractivity contribution is 7.89. The zero-order chi connectivity index (χ0) is 14.8. The monoisotopic (exact) mass is 304 g/mol. The molecule has 1 rings (SSSR count). The number of hydrogen-bond acceptors (Lipinski definition) is 3. The summed E-state index contributed by atoms with van der Waals surface area (Å²) in [5, 5.41) is 5.29. The van der Waals surface area contributed by atoms with Crippen molar-refractivity contribution in [2.75, 3.05) is 13.6 Å². The predicted molar refractivity (Wildman–Crippen MR) is 74.8 cm³/mol. The minimum Gasteiger partial charge on any atom is -0.342 e. The molecule has 0 spiro atoms. The second-order valence-electron chi connectivity index (χ2n) is 4.35. The number of benzene rings is 1. The molecular weight excluding hydrogens is 288 g/mol. The van der Waals surface area contributed by atoms with E-state index in [0.29, 0.717) is 12.1 Å². The van der Waals surface area contributed by atoms with Crippen LogP contribution in [0.3, 0.4) is 0 Å². The summed E-state index contributed by atoms with van der Waals surface area (Å²) in [6.07, 6.45) is 0.809. The molecule has 0 radical (unpaired) electrons. The number of nitrogens with two attached hydrogens (primary N) is 1. The Kier molecular flexibility index (Phi) is 4.95. The molecule has 0 fully saturated rings. The maximum atomic E-state index is 12.2. The fraction of sp³-hybridized carbons (Fsp3) is 0.417. The molecule has 0 saturated carbocycles. The van der Waals surface area contributed by atoms with Crippen molar-refractivity contribution in [1.82, 2.24) is 4.90 Å². The summed E-state index contributed by atoms with van der Waals surface area (Å²) >= 11 is 5.86. The Morgan fingerprint density at radius 3 is 2.47 bits per heavy atom. The van der Waals surface area contributed by atoms with Crippen molar-refractivity contribution < 1.29 is 13.2 Å². The van der Waals surface area contributed by atoms with Gasteiger partial charge in [0.1, 0.15) is 0 Å². The molecule has 2 N–H and O–H groups in total. The molecule has 5 nitrogen and oxygen atoms in total. The Labute approximate surface area is 118 Å². The third kappa shape index (κ3) is 3.68. The summed E-state index contributed by atoms with van der Waals surface area (Å²) in [6.45, 7) is 4.07. The zero-order valence-electron chi connectivity index (χ0n) is 11.1. The van der Waals surface area contributed by atoms with E-state index in [1.54, 1.807) is 14.0 Å². The van der Waals surface area contributed by atoms with Crippen LogP contribution in [0.15, 0.2) is 17.0 Å². The van der Waals surface area contributed by atoms with Crippen LogP contribution in [0, 0.1) is 6.92 Å². The second-order valence-corrected chi connectivity index (χ2v) is 6.31. The molecule has 0 saturated heterocycles. The first kappa shape index (κ1) is 15.9. The summed E-state index contributed by atoms with van der Waals surface area (Å²) in [7, 11) is -2.25. The van der Waals surface area contributed by atoms with Crippen molar-refractivity contribution in [2.45, 2.75) is 25.2 Å². The molecule has 0 unspecified atom stereocenters. The minimum atomic E-state index is -3.91. The molecule has 0 bridgehead atoms. The third-order valence-corrected chi connectivity index (χ3v) is 4.02. The highest BCUT2D eigenvalue weighted by Gasteiger charge is 2.21. The number of sulfonamides is 1. The van der Waals surface area contributed by atoms with Crippen LogP contribution < -0.4 is 5.14 Å². The SMILES string of the molecule is CCCN(C)C(=O)c1cc(Cl)cc(S(N)(=O)=O)c1C. The molecule has 0 aliphatic rings. The van der Waals surface area contributed by atoms with E-state index in [0.717, 1.165) is 6.42 Å². The lowest BCUT2D eigenvalue weighted by Gasteiger charge is -2.18. The molecule has 0 aliphatic carbocycles. The van der Waals surface area contributed by atoms with Crippen LogP contribution in [-0.2, 0) is 10.0 Å². The Morgan fingerprint density at radius 1 is 1.42 bits per heavy atom. The number of carbonyl (C=O) groups excluding carboxylic acids is 1. The molecule has 19 heavy (non-hydrogen) atoms. The average Bonchev–Trinajstić information content (AvgIpc) is 2.29. The van der Waals surface area contributed by atoms with Gasteiger partial charge in [0.2, 0.25) is 10.0 Å². The number of rotatable bonds is 4. The molecule has 0 aromatic heterocycles. The predicted octanol–water partition coefficient (Wildman–Crippen LogP) is 1.78. The minimum absolute atomic E-state index is 0.117. The summed E-state index contributed by atoms with van der Waals surface area (Å²) in [6, 6.07) is 2.71. The van der Waals surface area contributed by atoms with Crippen molar-refractivity contribution in [3.63, 3.8) is 0 Å². The van der Waals surface area contributed by atoms with E-state index in [4.69, 9.17) is 16.7 Å². The lowest BCUT2D eigenvalue weighted by Crippen LogP contribution is -2.28. The Balaban J connectivity index is 3.38. The van der Waals surface area contributed by atoms with Gasteiger partial charge in [-0.05, 0) is 31.0 Å². The molecule has 106 valence electrons. The van der Waals surface area contributed by atoms with Gasteiger partial charge >= 0.3 is 0 Å². The average molecular weight is 305 g/mol. The highest BCUT2D eigenvalue weighted by atomic mass is 35.5. The van der Waals surface area contributed by atoms with E-state index in [1.165, 1.54) is 17.0 Å². The maximum absolute atomic E-state index is 12.2. The maximum Gasteiger partial charge on any atom is 0.253 e. The van der Waals surface area contributed by atoms with Crippen LogP contribution in [0.1, 0.15) is 29.3 Å². The second kappa shape index (κ2) is 5.90. The van der Waals surface area contributed by atoms with Gasteiger partial charge in [-0.15, -0.1) is 0 Å². The summed E-state index contributed by atoms with van der Waals surface area (Å²) in [5.41, 5.74) is 0.576. The van der Waals surface area contributed by atoms with Crippen molar-refractivity contribution in [2.24, 2.45) is 5.14 Å². The number of hydrogen-bond donors (Lipinski definition) is 1. The number of amides is 1. The number of carbonyl (C=O) groups is 1. The van der Waals surface area contributed by atoms with Crippen molar-refractivity contribution in [1.29, 1.82) is 0 Å². The molecule has 7 heteroatoms. The zero-order valence-corrected chi connectivity index (χ0v) is 12.7. The van der Waals surface area contributed by atoms with Crippen LogP contribution in [0.25, 0.3) is 0 Å². The Hall–Kier alpha value is -1.11. The van der Waals surface area contributed by atoms with E-state index in [2.05, 4.69) is 0 Å². The molecule has 0 heterocycles. The molecule has 0 atom stereocenters. The lowest BCUT2D eigenvalue weighted by molar-refractivity contribution is 0.0794. The highest BCUT2D eigenvalue weighted by Crippen LogP contribution is 2.24. The van der Waals surface area contributed by atoms with Gasteiger partial charge in [-0.3, -0.25) is 4.79 Å². The topological polar surface area (TPSA) is 80.5 Å². The van der Waals surface area contributed by atoms with Crippen LogP contribution in [0.2, 0.25) is 5.02 Å². The van der Waals surface area contributed by atoms with Gasteiger partial charge in [0, 0.05) is 24.2 Å². The first-order valence-corrected chi connectivity index (χ1v) is 7.69. The summed E-state index contributed by atoms with van der Waals surface area (Å²) in [5.74, 6) is -0.272. The normalized spacial score (nSPS) is 11.4. The van der Waals surface area contributed by atoms with E-state index in [1.807, 2.05) is 6.92 Å². The molecule has 1 aromatic carbocycles. The van der Waals surface area contributed by atoms with E-state index < -0.39 is 10.0 Å². The number of nitrogens with zero attached hydrogens (tertiary/aromatic N) is 1.